The van der Waals surface area contributed by atoms with Crippen LogP contribution < -0.4 is 5.32 Å². The molecular weight excluding hydrogens is 348 g/mol. The number of nitrogens with zero attached hydrogens (tertiary/aromatic N) is 1. The van der Waals surface area contributed by atoms with Crippen molar-refractivity contribution in [1.82, 2.24) is 4.90 Å². The van der Waals surface area contributed by atoms with Gasteiger partial charge < -0.3 is 10.2 Å². The van der Waals surface area contributed by atoms with E-state index >= 15 is 0 Å². The van der Waals surface area contributed by atoms with Crippen LogP contribution in [0.1, 0.15) is 48.0 Å². The van der Waals surface area contributed by atoms with Crippen LogP contribution in [-0.4, -0.2) is 29.8 Å². The van der Waals surface area contributed by atoms with Crippen molar-refractivity contribution in [2.45, 2.75) is 38.5 Å². The molecule has 0 aromatic heterocycles. The number of likely N-dealkylation sites (tertiary alicyclic amines) is 1. The molecule has 146 valence electrons. The first-order valence-corrected chi connectivity index (χ1v) is 10.4. The van der Waals surface area contributed by atoms with Crippen molar-refractivity contribution in [3.63, 3.8) is 0 Å². The molecule has 1 N–H and O–H groups in total. The molecule has 2 aromatic rings. The molecule has 0 bridgehead atoms. The summed E-state index contributed by atoms with van der Waals surface area (Å²) in [7, 11) is 0. The SMILES string of the molecule is O=C(Nc1cccc(C(=O)N2CCC(CCc3ccccc3)CC2)c1)C1CC1. The summed E-state index contributed by atoms with van der Waals surface area (Å²) in [5.41, 5.74) is 2.78. The number of amides is 2. The van der Waals surface area contributed by atoms with Crippen LogP contribution in [0.2, 0.25) is 0 Å². The van der Waals surface area contributed by atoms with E-state index in [4.69, 9.17) is 0 Å². The molecule has 2 aliphatic rings. The van der Waals surface area contributed by atoms with Gasteiger partial charge in [-0.2, -0.15) is 0 Å². The van der Waals surface area contributed by atoms with E-state index in [2.05, 4.69) is 35.6 Å². The molecule has 1 saturated heterocycles. The van der Waals surface area contributed by atoms with Gasteiger partial charge >= 0.3 is 0 Å². The van der Waals surface area contributed by atoms with E-state index in [0.29, 0.717) is 11.5 Å². The second-order valence-electron chi connectivity index (χ2n) is 8.10. The molecule has 2 fully saturated rings. The normalized spacial score (nSPS) is 17.4. The highest BCUT2D eigenvalue weighted by molar-refractivity contribution is 5.98. The fourth-order valence-electron chi connectivity index (χ4n) is 3.94. The molecule has 1 heterocycles. The fraction of sp³-hybridized carbons (Fsp3) is 0.417. The summed E-state index contributed by atoms with van der Waals surface area (Å²) >= 11 is 0. The molecule has 28 heavy (non-hydrogen) atoms. The number of hydrogen-bond donors (Lipinski definition) is 1. The van der Waals surface area contributed by atoms with Gasteiger partial charge in [-0.05, 0) is 68.2 Å². The molecule has 4 rings (SSSR count). The van der Waals surface area contributed by atoms with E-state index in [1.54, 1.807) is 0 Å². The van der Waals surface area contributed by atoms with Crippen LogP contribution >= 0.6 is 0 Å². The highest BCUT2D eigenvalue weighted by Crippen LogP contribution is 2.30. The topological polar surface area (TPSA) is 49.4 Å². The summed E-state index contributed by atoms with van der Waals surface area (Å²) in [6, 6.07) is 18.0. The predicted molar refractivity (Wildman–Crippen MR) is 111 cm³/mol. The van der Waals surface area contributed by atoms with Crippen molar-refractivity contribution < 1.29 is 9.59 Å². The van der Waals surface area contributed by atoms with Gasteiger partial charge in [-0.1, -0.05) is 36.4 Å². The molecule has 4 heteroatoms. The number of hydrogen-bond acceptors (Lipinski definition) is 2. The van der Waals surface area contributed by atoms with Crippen molar-refractivity contribution in [1.29, 1.82) is 0 Å². The molecule has 2 aromatic carbocycles. The Morgan fingerprint density at radius 2 is 1.68 bits per heavy atom. The molecule has 0 unspecified atom stereocenters. The number of carbonyl (C=O) groups excluding carboxylic acids is 2. The molecule has 1 aliphatic heterocycles. The summed E-state index contributed by atoms with van der Waals surface area (Å²) in [4.78, 5) is 26.8. The second kappa shape index (κ2) is 8.59. The zero-order chi connectivity index (χ0) is 19.3. The average molecular weight is 377 g/mol. The van der Waals surface area contributed by atoms with Gasteiger partial charge in [-0.25, -0.2) is 0 Å². The first-order chi connectivity index (χ1) is 13.7. The van der Waals surface area contributed by atoms with Crippen molar-refractivity contribution in [2.24, 2.45) is 11.8 Å². The fourth-order valence-corrected chi connectivity index (χ4v) is 3.94. The molecular formula is C24H28N2O2. The number of aryl methyl sites for hydroxylation is 1. The van der Waals surface area contributed by atoms with Gasteiger partial charge in [0.1, 0.15) is 0 Å². The number of carbonyl (C=O) groups is 2. The Morgan fingerprint density at radius 1 is 0.929 bits per heavy atom. The van der Waals surface area contributed by atoms with Gasteiger partial charge in [0.15, 0.2) is 0 Å². The standard InChI is InChI=1S/C24H28N2O2/c27-23(20-11-12-20)25-22-8-4-7-21(17-22)24(28)26-15-13-19(14-16-26)10-9-18-5-2-1-3-6-18/h1-8,17,19-20H,9-16H2,(H,25,27). The number of benzene rings is 2. The van der Waals surface area contributed by atoms with Crippen molar-refractivity contribution in [3.8, 4) is 0 Å². The Morgan fingerprint density at radius 3 is 2.39 bits per heavy atom. The molecule has 1 aliphatic carbocycles. The highest BCUT2D eigenvalue weighted by Gasteiger charge is 2.30. The number of nitrogens with one attached hydrogen (secondary N) is 1. The third-order valence-corrected chi connectivity index (χ3v) is 5.91. The minimum absolute atomic E-state index is 0.0730. The average Bonchev–Trinajstić information content (AvgIpc) is 3.59. The lowest BCUT2D eigenvalue weighted by Crippen LogP contribution is -2.38. The lowest BCUT2D eigenvalue weighted by molar-refractivity contribution is -0.117. The smallest absolute Gasteiger partial charge is 0.253 e. The zero-order valence-corrected chi connectivity index (χ0v) is 16.3. The Balaban J connectivity index is 1.28. The van der Waals surface area contributed by atoms with Gasteiger partial charge in [-0.3, -0.25) is 9.59 Å². The van der Waals surface area contributed by atoms with Gasteiger partial charge in [0.25, 0.3) is 5.91 Å². The van der Waals surface area contributed by atoms with Crippen LogP contribution in [-0.2, 0) is 11.2 Å². The third-order valence-electron chi connectivity index (χ3n) is 5.91. The first-order valence-electron chi connectivity index (χ1n) is 10.4. The van der Waals surface area contributed by atoms with Crippen molar-refractivity contribution in [2.75, 3.05) is 18.4 Å². The van der Waals surface area contributed by atoms with E-state index in [1.165, 1.54) is 12.0 Å². The van der Waals surface area contributed by atoms with Crippen LogP contribution in [0.15, 0.2) is 54.6 Å². The van der Waals surface area contributed by atoms with Crippen LogP contribution in [0.3, 0.4) is 0 Å². The maximum absolute atomic E-state index is 12.9. The van der Waals surface area contributed by atoms with E-state index in [-0.39, 0.29) is 17.7 Å². The maximum Gasteiger partial charge on any atom is 0.253 e. The van der Waals surface area contributed by atoms with E-state index in [1.807, 2.05) is 29.2 Å². The molecule has 0 spiro atoms. The van der Waals surface area contributed by atoms with E-state index < -0.39 is 0 Å². The Labute approximate surface area is 166 Å². The summed E-state index contributed by atoms with van der Waals surface area (Å²) < 4.78 is 0. The lowest BCUT2D eigenvalue weighted by atomic mass is 9.90. The largest absolute Gasteiger partial charge is 0.339 e. The quantitative estimate of drug-likeness (QED) is 0.806. The predicted octanol–water partition coefficient (Wildman–Crippen LogP) is 4.52. The zero-order valence-electron chi connectivity index (χ0n) is 16.3. The van der Waals surface area contributed by atoms with Gasteiger partial charge in [0.2, 0.25) is 5.91 Å². The van der Waals surface area contributed by atoms with Crippen LogP contribution in [0.4, 0.5) is 5.69 Å². The van der Waals surface area contributed by atoms with Crippen LogP contribution in [0.5, 0.6) is 0 Å². The second-order valence-corrected chi connectivity index (χ2v) is 8.10. The highest BCUT2D eigenvalue weighted by atomic mass is 16.2. The first kappa shape index (κ1) is 18.7. The van der Waals surface area contributed by atoms with Gasteiger partial charge in [0.05, 0.1) is 0 Å². The Bertz CT molecular complexity index is 822. The molecule has 1 saturated carbocycles. The molecule has 2 amide bonds. The van der Waals surface area contributed by atoms with Crippen molar-refractivity contribution in [3.05, 3.63) is 65.7 Å². The van der Waals surface area contributed by atoms with Gasteiger partial charge in [0, 0.05) is 30.3 Å². The number of anilines is 1. The summed E-state index contributed by atoms with van der Waals surface area (Å²) in [5.74, 6) is 0.996. The van der Waals surface area contributed by atoms with E-state index in [9.17, 15) is 9.59 Å². The Kier molecular flexibility index (Phi) is 5.75. The Hall–Kier alpha value is -2.62. The molecule has 0 atom stereocenters. The monoisotopic (exact) mass is 376 g/mol. The van der Waals surface area contributed by atoms with E-state index in [0.717, 1.165) is 50.9 Å². The summed E-state index contributed by atoms with van der Waals surface area (Å²) in [5, 5.41) is 2.93. The lowest BCUT2D eigenvalue weighted by Gasteiger charge is -2.32. The molecule has 4 nitrogen and oxygen atoms in total. The maximum atomic E-state index is 12.9. The molecule has 0 radical (unpaired) electrons. The summed E-state index contributed by atoms with van der Waals surface area (Å²) in [6.45, 7) is 1.63. The number of rotatable bonds is 6. The summed E-state index contributed by atoms with van der Waals surface area (Å²) in [6.07, 6.45) is 6.39. The van der Waals surface area contributed by atoms with Crippen LogP contribution in [0, 0.1) is 11.8 Å². The number of piperidine rings is 1. The van der Waals surface area contributed by atoms with Gasteiger partial charge in [-0.15, -0.1) is 0 Å². The van der Waals surface area contributed by atoms with Crippen LogP contribution in [0.25, 0.3) is 0 Å². The third kappa shape index (κ3) is 4.80. The minimum Gasteiger partial charge on any atom is -0.339 e. The van der Waals surface area contributed by atoms with Crippen molar-refractivity contribution >= 4 is 17.5 Å². The minimum atomic E-state index is 0.0730.